The summed E-state index contributed by atoms with van der Waals surface area (Å²) in [7, 11) is 0. The predicted molar refractivity (Wildman–Crippen MR) is 96.5 cm³/mol. The van der Waals surface area contributed by atoms with E-state index in [1.165, 1.54) is 5.56 Å². The van der Waals surface area contributed by atoms with Crippen LogP contribution in [-0.4, -0.2) is 35.7 Å². The Kier molecular flexibility index (Phi) is 6.09. The Morgan fingerprint density at radius 1 is 1.39 bits per heavy atom. The van der Waals surface area contributed by atoms with Crippen molar-refractivity contribution < 1.29 is 9.53 Å². The first-order valence-electron chi connectivity index (χ1n) is 8.24. The van der Waals surface area contributed by atoms with Crippen molar-refractivity contribution in [3.63, 3.8) is 0 Å². The third-order valence-corrected chi connectivity index (χ3v) is 4.80. The summed E-state index contributed by atoms with van der Waals surface area (Å²) < 4.78 is 6.50. The number of nitrogens with zero attached hydrogens (tertiary/aromatic N) is 1. The second kappa shape index (κ2) is 7.67. The van der Waals surface area contributed by atoms with E-state index in [0.29, 0.717) is 6.04 Å². The summed E-state index contributed by atoms with van der Waals surface area (Å²) in [6.45, 7) is 9.77. The Morgan fingerprint density at radius 3 is 2.74 bits per heavy atom. The van der Waals surface area contributed by atoms with E-state index >= 15 is 0 Å². The molecule has 1 saturated heterocycles. The smallest absolute Gasteiger partial charge is 0.407 e. The van der Waals surface area contributed by atoms with Crippen LogP contribution in [0.3, 0.4) is 0 Å². The zero-order valence-corrected chi connectivity index (χ0v) is 16.0. The Hall–Kier alpha value is -1.07. The second-order valence-electron chi connectivity index (χ2n) is 7.18. The van der Waals surface area contributed by atoms with Gasteiger partial charge in [-0.25, -0.2) is 4.79 Å². The number of piperidine rings is 1. The molecule has 2 rings (SSSR count). The summed E-state index contributed by atoms with van der Waals surface area (Å²) >= 11 is 3.64. The average Bonchev–Trinajstić information content (AvgIpc) is 2.45. The Bertz CT molecular complexity index is 542. The molecule has 1 aromatic carbocycles. The van der Waals surface area contributed by atoms with Crippen molar-refractivity contribution in [1.29, 1.82) is 0 Å². The molecule has 128 valence electrons. The zero-order valence-electron chi connectivity index (χ0n) is 14.4. The fourth-order valence-electron chi connectivity index (χ4n) is 2.96. The van der Waals surface area contributed by atoms with E-state index in [1.807, 2.05) is 26.8 Å². The number of carbonyl (C=O) groups is 1. The van der Waals surface area contributed by atoms with Crippen molar-refractivity contribution >= 4 is 22.0 Å². The fraction of sp³-hybridized carbons (Fsp3) is 0.611. The molecule has 1 N–H and O–H groups in total. The van der Waals surface area contributed by atoms with Gasteiger partial charge in [-0.1, -0.05) is 34.1 Å². The van der Waals surface area contributed by atoms with E-state index < -0.39 is 5.60 Å². The van der Waals surface area contributed by atoms with Crippen molar-refractivity contribution in [2.24, 2.45) is 0 Å². The Morgan fingerprint density at radius 2 is 2.09 bits per heavy atom. The minimum atomic E-state index is -0.458. The van der Waals surface area contributed by atoms with Gasteiger partial charge in [-0.3, -0.25) is 4.90 Å². The summed E-state index contributed by atoms with van der Waals surface area (Å²) in [5, 5.41) is 3.01. The largest absolute Gasteiger partial charge is 0.444 e. The number of hydrogen-bond acceptors (Lipinski definition) is 3. The fourth-order valence-corrected chi connectivity index (χ4v) is 3.58. The standard InChI is InChI=1S/C18H27BrN2O2/c1-13(15-9-5-6-10-16(15)19)21-11-7-8-14(12-21)20-17(22)23-18(2,3)4/h5-6,9-10,13-14H,7-8,11-12H2,1-4H3,(H,20,22). The molecule has 1 aromatic rings. The maximum absolute atomic E-state index is 12.0. The maximum atomic E-state index is 12.0. The normalized spacial score (nSPS) is 20.8. The molecule has 0 bridgehead atoms. The van der Waals surface area contributed by atoms with Crippen molar-refractivity contribution in [3.05, 3.63) is 34.3 Å². The molecule has 1 fully saturated rings. The number of halogens is 1. The van der Waals surface area contributed by atoms with Crippen LogP contribution in [0.1, 0.15) is 52.1 Å². The number of nitrogens with one attached hydrogen (secondary N) is 1. The molecule has 23 heavy (non-hydrogen) atoms. The lowest BCUT2D eigenvalue weighted by atomic mass is 10.0. The van der Waals surface area contributed by atoms with Gasteiger partial charge in [-0.05, 0) is 58.7 Å². The van der Waals surface area contributed by atoms with E-state index in [0.717, 1.165) is 30.4 Å². The minimum absolute atomic E-state index is 0.142. The topological polar surface area (TPSA) is 41.6 Å². The van der Waals surface area contributed by atoms with Crippen LogP contribution in [0, 0.1) is 0 Å². The molecule has 1 heterocycles. The van der Waals surface area contributed by atoms with Crippen LogP contribution in [0.2, 0.25) is 0 Å². The Balaban J connectivity index is 1.95. The van der Waals surface area contributed by atoms with Gasteiger partial charge in [0.1, 0.15) is 5.60 Å². The van der Waals surface area contributed by atoms with E-state index in [9.17, 15) is 4.79 Å². The van der Waals surface area contributed by atoms with E-state index in [1.54, 1.807) is 0 Å². The number of rotatable bonds is 3. The van der Waals surface area contributed by atoms with Crippen LogP contribution < -0.4 is 5.32 Å². The first kappa shape index (κ1) is 18.3. The van der Waals surface area contributed by atoms with Crippen molar-refractivity contribution in [2.45, 2.75) is 58.2 Å². The molecule has 0 aromatic heterocycles. The molecule has 1 aliphatic heterocycles. The van der Waals surface area contributed by atoms with Gasteiger partial charge in [0.05, 0.1) is 0 Å². The molecular weight excluding hydrogens is 356 g/mol. The predicted octanol–water partition coefficient (Wildman–Crippen LogP) is 4.50. The van der Waals surface area contributed by atoms with Gasteiger partial charge in [0.2, 0.25) is 0 Å². The van der Waals surface area contributed by atoms with Crippen LogP contribution >= 0.6 is 15.9 Å². The third kappa shape index (κ3) is 5.50. The van der Waals surface area contributed by atoms with Gasteiger partial charge in [-0.2, -0.15) is 0 Å². The van der Waals surface area contributed by atoms with Crippen LogP contribution in [-0.2, 0) is 4.74 Å². The zero-order chi connectivity index (χ0) is 17.0. The lowest BCUT2D eigenvalue weighted by Crippen LogP contribution is -2.49. The van der Waals surface area contributed by atoms with Crippen LogP contribution in [0.5, 0.6) is 0 Å². The molecular formula is C18H27BrN2O2. The van der Waals surface area contributed by atoms with Gasteiger partial charge in [0.15, 0.2) is 0 Å². The molecule has 1 amide bonds. The highest BCUT2D eigenvalue weighted by Crippen LogP contribution is 2.29. The molecule has 1 aliphatic rings. The number of benzene rings is 1. The molecule has 2 unspecified atom stereocenters. The van der Waals surface area contributed by atoms with Crippen molar-refractivity contribution in [2.75, 3.05) is 13.1 Å². The van der Waals surface area contributed by atoms with Gasteiger partial charge in [-0.15, -0.1) is 0 Å². The van der Waals surface area contributed by atoms with Crippen LogP contribution in [0.15, 0.2) is 28.7 Å². The van der Waals surface area contributed by atoms with Crippen molar-refractivity contribution in [3.8, 4) is 0 Å². The quantitative estimate of drug-likeness (QED) is 0.836. The second-order valence-corrected chi connectivity index (χ2v) is 8.03. The number of hydrogen-bond donors (Lipinski definition) is 1. The highest BCUT2D eigenvalue weighted by atomic mass is 79.9. The summed E-state index contributed by atoms with van der Waals surface area (Å²) in [6, 6.07) is 8.78. The van der Waals surface area contributed by atoms with E-state index in [4.69, 9.17) is 4.74 Å². The van der Waals surface area contributed by atoms with E-state index in [2.05, 4.69) is 51.3 Å². The molecule has 0 aliphatic carbocycles. The van der Waals surface area contributed by atoms with Gasteiger partial charge >= 0.3 is 6.09 Å². The molecule has 2 atom stereocenters. The van der Waals surface area contributed by atoms with E-state index in [-0.39, 0.29) is 12.1 Å². The summed E-state index contributed by atoms with van der Waals surface area (Å²) in [5.41, 5.74) is 0.825. The first-order valence-corrected chi connectivity index (χ1v) is 9.03. The summed E-state index contributed by atoms with van der Waals surface area (Å²) in [5.74, 6) is 0. The monoisotopic (exact) mass is 382 g/mol. The molecule has 5 heteroatoms. The SMILES string of the molecule is CC(c1ccccc1Br)N1CCCC(NC(=O)OC(C)(C)C)C1. The number of alkyl carbamates (subject to hydrolysis) is 1. The lowest BCUT2D eigenvalue weighted by molar-refractivity contribution is 0.0458. The summed E-state index contributed by atoms with van der Waals surface area (Å²) in [4.78, 5) is 14.4. The number of ether oxygens (including phenoxy) is 1. The average molecular weight is 383 g/mol. The lowest BCUT2D eigenvalue weighted by Gasteiger charge is -2.37. The van der Waals surface area contributed by atoms with Crippen LogP contribution in [0.25, 0.3) is 0 Å². The van der Waals surface area contributed by atoms with Gasteiger partial charge in [0, 0.05) is 23.1 Å². The van der Waals surface area contributed by atoms with Gasteiger partial charge < -0.3 is 10.1 Å². The van der Waals surface area contributed by atoms with Gasteiger partial charge in [0.25, 0.3) is 0 Å². The highest BCUT2D eigenvalue weighted by molar-refractivity contribution is 9.10. The highest BCUT2D eigenvalue weighted by Gasteiger charge is 2.27. The summed E-state index contributed by atoms with van der Waals surface area (Å²) in [6.07, 6.45) is 1.76. The maximum Gasteiger partial charge on any atom is 0.407 e. The molecule has 0 radical (unpaired) electrons. The number of likely N-dealkylation sites (tertiary alicyclic amines) is 1. The first-order chi connectivity index (χ1) is 10.8. The molecule has 0 saturated carbocycles. The van der Waals surface area contributed by atoms with Crippen molar-refractivity contribution in [1.82, 2.24) is 10.2 Å². The number of amides is 1. The minimum Gasteiger partial charge on any atom is -0.444 e. The molecule has 0 spiro atoms. The Labute approximate surface area is 147 Å². The molecule has 4 nitrogen and oxygen atoms in total. The number of carbonyl (C=O) groups excluding carboxylic acids is 1. The van der Waals surface area contributed by atoms with Crippen LogP contribution in [0.4, 0.5) is 4.79 Å². The third-order valence-electron chi connectivity index (χ3n) is 4.08.